The van der Waals surface area contributed by atoms with E-state index < -0.39 is 5.97 Å². The summed E-state index contributed by atoms with van der Waals surface area (Å²) in [7, 11) is 0. The van der Waals surface area contributed by atoms with Gasteiger partial charge < -0.3 is 10.0 Å². The maximum Gasteiger partial charge on any atom is 0.335 e. The number of benzene rings is 1. The van der Waals surface area contributed by atoms with E-state index >= 15 is 0 Å². The highest BCUT2D eigenvalue weighted by Crippen LogP contribution is 2.48. The van der Waals surface area contributed by atoms with Crippen molar-refractivity contribution < 1.29 is 9.90 Å². The Bertz CT molecular complexity index is 487. The van der Waals surface area contributed by atoms with Crippen LogP contribution in [0.25, 0.3) is 0 Å². The normalized spacial score (nSPS) is 21.1. The quantitative estimate of drug-likeness (QED) is 0.908. The summed E-state index contributed by atoms with van der Waals surface area (Å²) >= 11 is 3.52. The summed E-state index contributed by atoms with van der Waals surface area (Å²) in [6.45, 7) is 2.16. The van der Waals surface area contributed by atoms with Crippen molar-refractivity contribution in [1.29, 1.82) is 0 Å². The molecule has 0 radical (unpaired) electrons. The Labute approximate surface area is 115 Å². The lowest BCUT2D eigenvalue weighted by atomic mass is 9.78. The van der Waals surface area contributed by atoms with Gasteiger partial charge in [0.2, 0.25) is 0 Å². The van der Waals surface area contributed by atoms with Crippen LogP contribution >= 0.6 is 15.9 Å². The van der Waals surface area contributed by atoms with Crippen molar-refractivity contribution in [3.63, 3.8) is 0 Å². The zero-order valence-electron chi connectivity index (χ0n) is 10.2. The van der Waals surface area contributed by atoms with Crippen LogP contribution in [0.1, 0.15) is 36.0 Å². The monoisotopic (exact) mass is 309 g/mol. The van der Waals surface area contributed by atoms with Crippen LogP contribution in [0.5, 0.6) is 0 Å². The molecule has 1 aromatic rings. The van der Waals surface area contributed by atoms with Gasteiger partial charge in [-0.25, -0.2) is 4.79 Å². The average Bonchev–Trinajstić information content (AvgIpc) is 2.77. The zero-order chi connectivity index (χ0) is 12.8. The molecule has 1 aromatic carbocycles. The smallest absolute Gasteiger partial charge is 0.335 e. The van der Waals surface area contributed by atoms with E-state index in [-0.39, 0.29) is 0 Å². The second-order valence-corrected chi connectivity index (χ2v) is 6.39. The van der Waals surface area contributed by atoms with Crippen molar-refractivity contribution in [3.05, 3.63) is 28.2 Å². The van der Waals surface area contributed by atoms with Crippen LogP contribution in [-0.4, -0.2) is 24.2 Å². The third kappa shape index (κ3) is 1.92. The predicted molar refractivity (Wildman–Crippen MR) is 74.2 cm³/mol. The fourth-order valence-corrected chi connectivity index (χ4v) is 3.76. The molecular formula is C14H16BrNO2. The first-order valence-corrected chi connectivity index (χ1v) is 7.17. The van der Waals surface area contributed by atoms with Crippen LogP contribution in [0.2, 0.25) is 0 Å². The summed E-state index contributed by atoms with van der Waals surface area (Å²) in [6.07, 6.45) is 5.37. The number of anilines is 1. The number of rotatable bonds is 2. The lowest BCUT2D eigenvalue weighted by Gasteiger charge is -2.50. The molecule has 4 heteroatoms. The fraction of sp³-hybridized carbons (Fsp3) is 0.500. The lowest BCUT2D eigenvalue weighted by molar-refractivity contribution is 0.0697. The number of carboxylic acid groups (broad SMARTS) is 1. The van der Waals surface area contributed by atoms with E-state index in [0.29, 0.717) is 11.0 Å². The first-order chi connectivity index (χ1) is 8.60. The van der Waals surface area contributed by atoms with Gasteiger partial charge in [0.15, 0.2) is 0 Å². The molecule has 0 bridgehead atoms. The summed E-state index contributed by atoms with van der Waals surface area (Å²) < 4.78 is 0.986. The Morgan fingerprint density at radius 1 is 1.28 bits per heavy atom. The van der Waals surface area contributed by atoms with Gasteiger partial charge in [0.1, 0.15) is 0 Å². The van der Waals surface area contributed by atoms with Crippen LogP contribution < -0.4 is 4.90 Å². The highest BCUT2D eigenvalue weighted by molar-refractivity contribution is 9.10. The SMILES string of the molecule is O=C(O)c1ccc(Br)c(N2CC3(CCCC3)C2)c1. The van der Waals surface area contributed by atoms with Crippen molar-refractivity contribution in [1.82, 2.24) is 0 Å². The fourth-order valence-electron chi connectivity index (χ4n) is 3.26. The van der Waals surface area contributed by atoms with E-state index in [4.69, 9.17) is 5.11 Å². The molecule has 2 fully saturated rings. The van der Waals surface area contributed by atoms with E-state index in [9.17, 15) is 4.79 Å². The van der Waals surface area contributed by atoms with Crippen molar-refractivity contribution in [2.24, 2.45) is 5.41 Å². The van der Waals surface area contributed by atoms with Crippen LogP contribution in [0.15, 0.2) is 22.7 Å². The maximum absolute atomic E-state index is 11.0. The highest BCUT2D eigenvalue weighted by atomic mass is 79.9. The first-order valence-electron chi connectivity index (χ1n) is 6.38. The lowest BCUT2D eigenvalue weighted by Crippen LogP contribution is -2.55. The first kappa shape index (κ1) is 12.0. The molecule has 1 saturated heterocycles. The van der Waals surface area contributed by atoms with Gasteiger partial charge in [0, 0.05) is 23.0 Å². The molecule has 18 heavy (non-hydrogen) atoms. The van der Waals surface area contributed by atoms with E-state index in [2.05, 4.69) is 20.8 Å². The minimum Gasteiger partial charge on any atom is -0.478 e. The molecule has 0 aromatic heterocycles. The largest absolute Gasteiger partial charge is 0.478 e. The predicted octanol–water partition coefficient (Wildman–Crippen LogP) is 3.53. The minimum absolute atomic E-state index is 0.362. The molecule has 3 nitrogen and oxygen atoms in total. The van der Waals surface area contributed by atoms with Crippen LogP contribution in [0, 0.1) is 5.41 Å². The van der Waals surface area contributed by atoms with Crippen molar-refractivity contribution in [2.75, 3.05) is 18.0 Å². The number of hydrogen-bond acceptors (Lipinski definition) is 2. The van der Waals surface area contributed by atoms with E-state index in [1.54, 1.807) is 12.1 Å². The molecule has 1 aliphatic heterocycles. The minimum atomic E-state index is -0.861. The Morgan fingerprint density at radius 2 is 1.94 bits per heavy atom. The number of hydrogen-bond donors (Lipinski definition) is 1. The number of halogens is 1. The molecule has 1 saturated carbocycles. The zero-order valence-corrected chi connectivity index (χ0v) is 11.7. The molecule has 0 amide bonds. The average molecular weight is 310 g/mol. The molecule has 1 N–H and O–H groups in total. The summed E-state index contributed by atoms with van der Waals surface area (Å²) in [5, 5.41) is 9.04. The molecule has 3 rings (SSSR count). The van der Waals surface area contributed by atoms with Crippen molar-refractivity contribution >= 4 is 27.6 Å². The topological polar surface area (TPSA) is 40.5 Å². The summed E-state index contributed by atoms with van der Waals surface area (Å²) in [4.78, 5) is 13.3. The third-order valence-electron chi connectivity index (χ3n) is 4.25. The Hall–Kier alpha value is -1.03. The van der Waals surface area contributed by atoms with Crippen LogP contribution in [0.4, 0.5) is 5.69 Å². The molecule has 1 heterocycles. The van der Waals surface area contributed by atoms with Crippen molar-refractivity contribution in [3.8, 4) is 0 Å². The number of nitrogens with zero attached hydrogens (tertiary/aromatic N) is 1. The van der Waals surface area contributed by atoms with Crippen LogP contribution in [-0.2, 0) is 0 Å². The Kier molecular flexibility index (Phi) is 2.85. The van der Waals surface area contributed by atoms with Gasteiger partial charge in [-0.05, 0) is 47.0 Å². The summed E-state index contributed by atoms with van der Waals surface area (Å²) in [6, 6.07) is 5.24. The van der Waals surface area contributed by atoms with Gasteiger partial charge >= 0.3 is 5.97 Å². The molecule has 96 valence electrons. The molecule has 0 unspecified atom stereocenters. The summed E-state index contributed by atoms with van der Waals surface area (Å²) in [5.74, 6) is -0.861. The van der Waals surface area contributed by atoms with Crippen LogP contribution in [0.3, 0.4) is 0 Å². The van der Waals surface area contributed by atoms with Crippen molar-refractivity contribution in [2.45, 2.75) is 25.7 Å². The number of aromatic carboxylic acids is 1. The second-order valence-electron chi connectivity index (χ2n) is 5.53. The molecular weight excluding hydrogens is 294 g/mol. The van der Waals surface area contributed by atoms with Gasteiger partial charge in [-0.3, -0.25) is 0 Å². The van der Waals surface area contributed by atoms with E-state index in [0.717, 1.165) is 23.2 Å². The number of carbonyl (C=O) groups is 1. The van der Waals surface area contributed by atoms with Gasteiger partial charge in [-0.15, -0.1) is 0 Å². The highest BCUT2D eigenvalue weighted by Gasteiger charge is 2.45. The van der Waals surface area contributed by atoms with E-state index in [1.165, 1.54) is 25.7 Å². The maximum atomic E-state index is 11.0. The molecule has 1 aliphatic carbocycles. The van der Waals surface area contributed by atoms with Gasteiger partial charge in [0.05, 0.1) is 11.3 Å². The molecule has 1 spiro atoms. The standard InChI is InChI=1S/C14H16BrNO2/c15-11-4-3-10(13(17)18)7-12(11)16-8-14(9-16)5-1-2-6-14/h3-4,7H,1-2,5-6,8-9H2,(H,17,18). The number of carboxylic acids is 1. The van der Waals surface area contributed by atoms with E-state index in [1.807, 2.05) is 6.07 Å². The Morgan fingerprint density at radius 3 is 2.56 bits per heavy atom. The van der Waals surface area contributed by atoms with Gasteiger partial charge in [-0.2, -0.15) is 0 Å². The second kappa shape index (κ2) is 4.26. The molecule has 2 aliphatic rings. The van der Waals surface area contributed by atoms with Gasteiger partial charge in [-0.1, -0.05) is 12.8 Å². The molecule has 0 atom stereocenters. The van der Waals surface area contributed by atoms with Gasteiger partial charge in [0.25, 0.3) is 0 Å². The Balaban J connectivity index is 1.81. The summed E-state index contributed by atoms with van der Waals surface area (Å²) in [5.41, 5.74) is 1.91. The third-order valence-corrected chi connectivity index (χ3v) is 4.92.